The fraction of sp³-hybridized carbons (Fsp3) is 0.333. The van der Waals surface area contributed by atoms with Gasteiger partial charge in [-0.05, 0) is 40.2 Å². The molecule has 0 spiro atoms. The molecule has 2 aromatic rings. The zero-order valence-corrected chi connectivity index (χ0v) is 16.3. The Morgan fingerprint density at radius 1 is 1.00 bits per heavy atom. The molecular formula is C21H25NO5. The Kier molecular flexibility index (Phi) is 6.45. The van der Waals surface area contributed by atoms with Crippen molar-refractivity contribution in [3.63, 3.8) is 0 Å². The van der Waals surface area contributed by atoms with Crippen LogP contribution in [0.3, 0.4) is 0 Å². The number of carbonyl (C=O) groups excluding carboxylic acids is 2. The predicted octanol–water partition coefficient (Wildman–Crippen LogP) is 4.26. The molecule has 1 aromatic carbocycles. The average Bonchev–Trinajstić information content (AvgIpc) is 2.88. The van der Waals surface area contributed by atoms with E-state index in [0.717, 1.165) is 5.56 Å². The van der Waals surface area contributed by atoms with E-state index in [1.54, 1.807) is 32.3 Å². The van der Waals surface area contributed by atoms with Gasteiger partial charge in [0, 0.05) is 17.0 Å². The van der Waals surface area contributed by atoms with E-state index >= 15 is 0 Å². The van der Waals surface area contributed by atoms with Gasteiger partial charge in [-0.15, -0.1) is 0 Å². The first-order valence-corrected chi connectivity index (χ1v) is 8.86. The summed E-state index contributed by atoms with van der Waals surface area (Å²) in [6.07, 6.45) is 0. The first-order chi connectivity index (χ1) is 12.8. The number of benzene rings is 1. The molecule has 2 rings (SSSR count). The van der Waals surface area contributed by atoms with E-state index in [4.69, 9.17) is 9.47 Å². The smallest absolute Gasteiger partial charge is 0.358 e. The maximum absolute atomic E-state index is 12.7. The lowest BCUT2D eigenvalue weighted by molar-refractivity contribution is -0.136. The maximum atomic E-state index is 12.7. The third-order valence-corrected chi connectivity index (χ3v) is 4.22. The minimum atomic E-state index is -0.659. The number of hydrogen-bond donors (Lipinski definition) is 1. The molecule has 0 amide bonds. The van der Waals surface area contributed by atoms with Gasteiger partial charge in [0.2, 0.25) is 0 Å². The molecule has 6 heteroatoms. The molecular weight excluding hydrogens is 346 g/mol. The summed E-state index contributed by atoms with van der Waals surface area (Å²) in [5, 5.41) is 10.2. The molecule has 0 unspecified atom stereocenters. The standard InChI is InChI=1S/C21H25NO5/c1-6-26-20(24)18-14(4)22(19(15(5)23)21(25)27-7-2)13(3)17(18)16-11-9-8-10-12-16/h8-12,23H,6-7H2,1-5H3/b19-15+. The van der Waals surface area contributed by atoms with Crippen molar-refractivity contribution in [3.05, 3.63) is 53.0 Å². The zero-order chi connectivity index (χ0) is 20.1. The number of hydrogen-bond acceptors (Lipinski definition) is 5. The van der Waals surface area contributed by atoms with Crippen molar-refractivity contribution in [1.82, 2.24) is 4.57 Å². The van der Waals surface area contributed by atoms with E-state index in [-0.39, 0.29) is 24.7 Å². The van der Waals surface area contributed by atoms with Gasteiger partial charge >= 0.3 is 11.9 Å². The summed E-state index contributed by atoms with van der Waals surface area (Å²) in [6.45, 7) is 8.76. The summed E-state index contributed by atoms with van der Waals surface area (Å²) in [6, 6.07) is 9.39. The number of allylic oxidation sites excluding steroid dienone is 1. The quantitative estimate of drug-likeness (QED) is 0.466. The highest BCUT2D eigenvalue weighted by atomic mass is 16.5. The van der Waals surface area contributed by atoms with Crippen molar-refractivity contribution in [2.75, 3.05) is 13.2 Å². The van der Waals surface area contributed by atoms with Crippen LogP contribution < -0.4 is 0 Å². The van der Waals surface area contributed by atoms with Gasteiger partial charge in [-0.2, -0.15) is 0 Å². The van der Waals surface area contributed by atoms with E-state index in [1.165, 1.54) is 6.92 Å². The van der Waals surface area contributed by atoms with Crippen LogP contribution in [0.15, 0.2) is 36.1 Å². The van der Waals surface area contributed by atoms with E-state index in [1.807, 2.05) is 30.3 Å². The molecule has 0 fully saturated rings. The maximum Gasteiger partial charge on any atom is 0.358 e. The lowest BCUT2D eigenvalue weighted by atomic mass is 10.0. The van der Waals surface area contributed by atoms with Crippen molar-refractivity contribution in [1.29, 1.82) is 0 Å². The number of aromatic nitrogens is 1. The Bertz CT molecular complexity index is 874. The summed E-state index contributed by atoms with van der Waals surface area (Å²) in [5.41, 5.74) is 2.97. The summed E-state index contributed by atoms with van der Waals surface area (Å²) >= 11 is 0. The first kappa shape index (κ1) is 20.3. The molecule has 0 aliphatic heterocycles. The van der Waals surface area contributed by atoms with Crippen molar-refractivity contribution in [2.24, 2.45) is 0 Å². The molecule has 0 aliphatic rings. The Labute approximate surface area is 159 Å². The van der Waals surface area contributed by atoms with Gasteiger partial charge in [0.15, 0.2) is 5.70 Å². The summed E-state index contributed by atoms with van der Waals surface area (Å²) in [4.78, 5) is 25.1. The van der Waals surface area contributed by atoms with Gasteiger partial charge in [-0.25, -0.2) is 9.59 Å². The summed E-state index contributed by atoms with van der Waals surface area (Å²) < 4.78 is 11.9. The molecule has 27 heavy (non-hydrogen) atoms. The van der Waals surface area contributed by atoms with E-state index in [9.17, 15) is 14.7 Å². The Hall–Kier alpha value is -3.02. The lowest BCUT2D eigenvalue weighted by Gasteiger charge is -2.14. The van der Waals surface area contributed by atoms with Gasteiger partial charge in [-0.3, -0.25) is 0 Å². The van der Waals surface area contributed by atoms with Crippen molar-refractivity contribution >= 4 is 17.6 Å². The first-order valence-electron chi connectivity index (χ1n) is 8.86. The van der Waals surface area contributed by atoms with E-state index in [0.29, 0.717) is 22.5 Å². The van der Waals surface area contributed by atoms with Crippen LogP contribution in [0.2, 0.25) is 0 Å². The highest BCUT2D eigenvalue weighted by molar-refractivity contribution is 6.12. The summed E-state index contributed by atoms with van der Waals surface area (Å²) in [5.74, 6) is -1.33. The molecule has 144 valence electrons. The molecule has 0 radical (unpaired) electrons. The summed E-state index contributed by atoms with van der Waals surface area (Å²) in [7, 11) is 0. The van der Waals surface area contributed by atoms with Crippen molar-refractivity contribution in [3.8, 4) is 11.1 Å². The highest BCUT2D eigenvalue weighted by Gasteiger charge is 2.29. The number of esters is 2. The molecule has 0 saturated heterocycles. The molecule has 0 bridgehead atoms. The number of ether oxygens (including phenoxy) is 2. The Morgan fingerprint density at radius 3 is 2.11 bits per heavy atom. The highest BCUT2D eigenvalue weighted by Crippen LogP contribution is 2.35. The van der Waals surface area contributed by atoms with Gasteiger partial charge in [0.1, 0.15) is 5.76 Å². The second kappa shape index (κ2) is 8.58. The topological polar surface area (TPSA) is 77.8 Å². The third-order valence-electron chi connectivity index (χ3n) is 4.22. The second-order valence-corrected chi connectivity index (χ2v) is 6.00. The van der Waals surface area contributed by atoms with Gasteiger partial charge in [0.05, 0.1) is 18.8 Å². The number of carbonyl (C=O) groups is 2. The van der Waals surface area contributed by atoms with Crippen LogP contribution in [0.25, 0.3) is 16.8 Å². The van der Waals surface area contributed by atoms with Crippen LogP contribution >= 0.6 is 0 Å². The number of nitrogens with zero attached hydrogens (tertiary/aromatic N) is 1. The molecule has 0 saturated carbocycles. The van der Waals surface area contributed by atoms with Gasteiger partial charge in [-0.1, -0.05) is 30.3 Å². The van der Waals surface area contributed by atoms with Crippen LogP contribution in [-0.2, 0) is 14.3 Å². The third kappa shape index (κ3) is 3.89. The average molecular weight is 371 g/mol. The van der Waals surface area contributed by atoms with Crippen LogP contribution in [-0.4, -0.2) is 34.8 Å². The fourth-order valence-corrected chi connectivity index (χ4v) is 3.18. The molecule has 1 heterocycles. The minimum absolute atomic E-state index is 0.0143. The number of aliphatic hydroxyl groups is 1. The molecule has 0 atom stereocenters. The van der Waals surface area contributed by atoms with E-state index in [2.05, 4.69) is 0 Å². The normalized spacial score (nSPS) is 11.7. The van der Waals surface area contributed by atoms with Crippen LogP contribution in [0, 0.1) is 13.8 Å². The largest absolute Gasteiger partial charge is 0.510 e. The second-order valence-electron chi connectivity index (χ2n) is 6.00. The Morgan fingerprint density at radius 2 is 1.59 bits per heavy atom. The Balaban J connectivity index is 2.83. The van der Waals surface area contributed by atoms with Crippen molar-refractivity contribution < 1.29 is 24.2 Å². The fourth-order valence-electron chi connectivity index (χ4n) is 3.18. The van der Waals surface area contributed by atoms with Crippen molar-refractivity contribution in [2.45, 2.75) is 34.6 Å². The molecule has 0 aliphatic carbocycles. The number of aliphatic hydroxyl groups excluding tert-OH is 1. The SMILES string of the molecule is CCOC(=O)/C(=C(/C)O)n1c(C)c(C(=O)OCC)c(-c2ccccc2)c1C. The van der Waals surface area contributed by atoms with Crippen LogP contribution in [0.1, 0.15) is 42.5 Å². The van der Waals surface area contributed by atoms with Crippen LogP contribution in [0.4, 0.5) is 0 Å². The molecule has 6 nitrogen and oxygen atoms in total. The predicted molar refractivity (Wildman–Crippen MR) is 103 cm³/mol. The number of rotatable bonds is 6. The molecule has 1 N–H and O–H groups in total. The van der Waals surface area contributed by atoms with Gasteiger partial charge < -0.3 is 19.1 Å². The monoisotopic (exact) mass is 371 g/mol. The van der Waals surface area contributed by atoms with E-state index < -0.39 is 11.9 Å². The zero-order valence-electron chi connectivity index (χ0n) is 16.3. The minimum Gasteiger partial charge on any atom is -0.510 e. The van der Waals surface area contributed by atoms with Crippen LogP contribution in [0.5, 0.6) is 0 Å². The molecule has 1 aromatic heterocycles. The lowest BCUT2D eigenvalue weighted by Crippen LogP contribution is -2.17. The van der Waals surface area contributed by atoms with Gasteiger partial charge in [0.25, 0.3) is 0 Å².